The molecule has 0 heterocycles. The van der Waals surface area contributed by atoms with Crippen LogP contribution < -0.4 is 5.11 Å². The van der Waals surface area contributed by atoms with Crippen LogP contribution in [0.25, 0.3) is 0 Å². The van der Waals surface area contributed by atoms with Crippen molar-refractivity contribution < 1.29 is 14.7 Å². The molecule has 3 atom stereocenters. The minimum Gasteiger partial charge on any atom is -0.550 e. The van der Waals surface area contributed by atoms with Crippen LogP contribution in [-0.4, -0.2) is 11.8 Å². The Bertz CT molecular complexity index is 461. The van der Waals surface area contributed by atoms with Crippen LogP contribution in [0, 0.1) is 22.7 Å². The van der Waals surface area contributed by atoms with E-state index in [4.69, 9.17) is 0 Å². The summed E-state index contributed by atoms with van der Waals surface area (Å²) in [5.41, 5.74) is 0.385. The zero-order valence-electron chi connectivity index (χ0n) is 13.0. The third-order valence-electron chi connectivity index (χ3n) is 5.92. The van der Waals surface area contributed by atoms with Gasteiger partial charge in [0.1, 0.15) is 0 Å². The number of ketones is 1. The first-order valence-corrected chi connectivity index (χ1v) is 7.73. The van der Waals surface area contributed by atoms with Gasteiger partial charge in [0.05, 0.1) is 0 Å². The highest BCUT2D eigenvalue weighted by Gasteiger charge is 2.63. The van der Waals surface area contributed by atoms with Gasteiger partial charge in [0.15, 0.2) is 5.78 Å². The molecule has 2 rings (SSSR count). The summed E-state index contributed by atoms with van der Waals surface area (Å²) in [7, 11) is 0. The molecule has 2 aliphatic carbocycles. The molecule has 3 nitrogen and oxygen atoms in total. The van der Waals surface area contributed by atoms with Crippen LogP contribution in [0.5, 0.6) is 0 Å². The van der Waals surface area contributed by atoms with Gasteiger partial charge in [0, 0.05) is 17.3 Å². The predicted molar refractivity (Wildman–Crippen MR) is 75.7 cm³/mol. The summed E-state index contributed by atoms with van der Waals surface area (Å²) in [6.07, 6.45) is 6.00. The highest BCUT2D eigenvalue weighted by atomic mass is 16.4. The molecule has 0 unspecified atom stereocenters. The first kappa shape index (κ1) is 15.3. The van der Waals surface area contributed by atoms with E-state index in [0.29, 0.717) is 6.42 Å². The molecule has 0 N–H and O–H groups in total. The fourth-order valence-corrected chi connectivity index (χ4v) is 4.03. The quantitative estimate of drug-likeness (QED) is 0.725. The smallest absolute Gasteiger partial charge is 0.165 e. The Morgan fingerprint density at radius 2 is 2.10 bits per heavy atom. The number of carboxylic acids is 1. The molecule has 2 fully saturated rings. The van der Waals surface area contributed by atoms with Crippen molar-refractivity contribution in [3.8, 4) is 0 Å². The van der Waals surface area contributed by atoms with Gasteiger partial charge in [0.2, 0.25) is 0 Å². The van der Waals surface area contributed by atoms with Gasteiger partial charge >= 0.3 is 0 Å². The van der Waals surface area contributed by atoms with E-state index in [1.807, 2.05) is 13.8 Å². The summed E-state index contributed by atoms with van der Waals surface area (Å²) < 4.78 is 0. The molecular weight excluding hydrogens is 252 g/mol. The standard InChI is InChI=1S/C17H26O3/c1-5-6-7-11(15(19)20)10-12-13-8-9-17(4,14(12)18)16(13,2)3/h10-11,13H,5-9H2,1-4H3,(H,19,20)/p-1/b12-10+/t11-,13+,17+/m1/s1. The van der Waals surface area contributed by atoms with Crippen molar-refractivity contribution in [3.63, 3.8) is 0 Å². The summed E-state index contributed by atoms with van der Waals surface area (Å²) in [5.74, 6) is -1.29. The average Bonchev–Trinajstić information content (AvgIpc) is 2.67. The number of carboxylic acid groups (broad SMARTS) is 1. The number of rotatable bonds is 5. The van der Waals surface area contributed by atoms with Crippen molar-refractivity contribution in [1.29, 1.82) is 0 Å². The molecule has 0 aromatic heterocycles. The summed E-state index contributed by atoms with van der Waals surface area (Å²) in [6.45, 7) is 8.36. The van der Waals surface area contributed by atoms with Crippen molar-refractivity contribution in [2.75, 3.05) is 0 Å². The van der Waals surface area contributed by atoms with Crippen LogP contribution in [0.4, 0.5) is 0 Å². The van der Waals surface area contributed by atoms with E-state index < -0.39 is 11.9 Å². The molecule has 2 saturated carbocycles. The second-order valence-corrected chi connectivity index (χ2v) is 7.16. The van der Waals surface area contributed by atoms with Crippen molar-refractivity contribution in [2.45, 2.75) is 59.8 Å². The lowest BCUT2D eigenvalue weighted by atomic mass is 9.70. The number of fused-ring (bicyclic) bond motifs is 2. The Morgan fingerprint density at radius 1 is 1.45 bits per heavy atom. The number of carbonyl (C=O) groups is 2. The number of aliphatic carboxylic acids is 1. The number of unbranched alkanes of at least 4 members (excludes halogenated alkanes) is 1. The Kier molecular flexibility index (Phi) is 3.83. The number of hydrogen-bond acceptors (Lipinski definition) is 3. The molecular formula is C17H25O3-. The molecule has 2 bridgehead atoms. The maximum absolute atomic E-state index is 12.7. The minimum atomic E-state index is -1.05. The zero-order chi connectivity index (χ0) is 15.1. The highest BCUT2D eigenvalue weighted by molar-refractivity contribution is 6.05. The van der Waals surface area contributed by atoms with Crippen molar-refractivity contribution >= 4 is 11.8 Å². The summed E-state index contributed by atoms with van der Waals surface area (Å²) in [4.78, 5) is 23.9. The fourth-order valence-electron chi connectivity index (χ4n) is 4.03. The second kappa shape index (κ2) is 5.01. The van der Waals surface area contributed by atoms with Gasteiger partial charge in [-0.3, -0.25) is 4.79 Å². The lowest BCUT2D eigenvalue weighted by molar-refractivity contribution is -0.309. The van der Waals surface area contributed by atoms with Gasteiger partial charge in [-0.15, -0.1) is 0 Å². The molecule has 112 valence electrons. The molecule has 0 aliphatic heterocycles. The van der Waals surface area contributed by atoms with Crippen LogP contribution in [0.3, 0.4) is 0 Å². The maximum atomic E-state index is 12.7. The molecule has 0 aromatic rings. The lowest BCUT2D eigenvalue weighted by Gasteiger charge is -2.31. The molecule has 20 heavy (non-hydrogen) atoms. The van der Waals surface area contributed by atoms with Crippen molar-refractivity contribution in [2.24, 2.45) is 22.7 Å². The van der Waals surface area contributed by atoms with Crippen LogP contribution >= 0.6 is 0 Å². The Morgan fingerprint density at radius 3 is 2.55 bits per heavy atom. The zero-order valence-corrected chi connectivity index (χ0v) is 13.0. The van der Waals surface area contributed by atoms with E-state index in [0.717, 1.165) is 31.3 Å². The first-order valence-electron chi connectivity index (χ1n) is 7.73. The summed E-state index contributed by atoms with van der Waals surface area (Å²) >= 11 is 0. The lowest BCUT2D eigenvalue weighted by Crippen LogP contribution is -2.33. The molecule has 0 aromatic carbocycles. The first-order chi connectivity index (χ1) is 9.25. The van der Waals surface area contributed by atoms with Gasteiger partial charge in [-0.25, -0.2) is 0 Å². The van der Waals surface area contributed by atoms with Crippen molar-refractivity contribution in [3.05, 3.63) is 11.6 Å². The van der Waals surface area contributed by atoms with E-state index >= 15 is 0 Å². The monoisotopic (exact) mass is 277 g/mol. The Labute approximate surface area is 121 Å². The van der Waals surface area contributed by atoms with Crippen LogP contribution in [0.15, 0.2) is 11.6 Å². The second-order valence-electron chi connectivity index (χ2n) is 7.16. The molecule has 0 spiro atoms. The summed E-state index contributed by atoms with van der Waals surface area (Å²) in [6, 6.07) is 0. The largest absolute Gasteiger partial charge is 0.550 e. The minimum absolute atomic E-state index is 0.0584. The van der Waals surface area contributed by atoms with Gasteiger partial charge in [-0.1, -0.05) is 46.6 Å². The van der Waals surface area contributed by atoms with E-state index in [-0.39, 0.29) is 22.5 Å². The van der Waals surface area contributed by atoms with E-state index in [2.05, 4.69) is 13.8 Å². The average molecular weight is 277 g/mol. The maximum Gasteiger partial charge on any atom is 0.165 e. The van der Waals surface area contributed by atoms with Crippen LogP contribution in [0.2, 0.25) is 0 Å². The molecule has 2 aliphatic rings. The van der Waals surface area contributed by atoms with Crippen LogP contribution in [-0.2, 0) is 9.59 Å². The third kappa shape index (κ3) is 2.02. The summed E-state index contributed by atoms with van der Waals surface area (Å²) in [5, 5.41) is 11.3. The van der Waals surface area contributed by atoms with Gasteiger partial charge in [-0.2, -0.15) is 0 Å². The number of carbonyl (C=O) groups excluding carboxylic acids is 2. The third-order valence-corrected chi connectivity index (χ3v) is 5.92. The molecule has 0 amide bonds. The van der Waals surface area contributed by atoms with Gasteiger partial charge < -0.3 is 9.90 Å². The van der Waals surface area contributed by atoms with Gasteiger partial charge in [-0.05, 0) is 36.2 Å². The predicted octanol–water partition coefficient (Wildman–Crippen LogP) is 2.49. The number of Topliss-reactive ketones (excluding diaryl/α,β-unsaturated/α-hetero) is 1. The van der Waals surface area contributed by atoms with E-state index in [9.17, 15) is 14.7 Å². The highest BCUT2D eigenvalue weighted by Crippen LogP contribution is 2.65. The van der Waals surface area contributed by atoms with E-state index in [1.54, 1.807) is 6.08 Å². The van der Waals surface area contributed by atoms with Crippen LogP contribution in [0.1, 0.15) is 59.8 Å². The molecule has 3 heteroatoms. The van der Waals surface area contributed by atoms with Crippen molar-refractivity contribution in [1.82, 2.24) is 0 Å². The topological polar surface area (TPSA) is 57.2 Å². The Hall–Kier alpha value is -1.12. The Balaban J connectivity index is 2.31. The molecule has 0 saturated heterocycles. The van der Waals surface area contributed by atoms with E-state index in [1.165, 1.54) is 0 Å². The normalized spacial score (nSPS) is 34.7. The number of hydrogen-bond donors (Lipinski definition) is 0. The number of allylic oxidation sites excluding steroid dienone is 1. The van der Waals surface area contributed by atoms with Gasteiger partial charge in [0.25, 0.3) is 0 Å². The SMILES string of the molecule is CCCC[C@H](/C=C1/C(=O)[C@]2(C)CC[C@@H]1C2(C)C)C(=O)[O-]. The molecule has 0 radical (unpaired) electrons. The fraction of sp³-hybridized carbons (Fsp3) is 0.765.